The number of carbonyl (C=O) groups excluding carboxylic acids is 2. The molecule has 1 unspecified atom stereocenters. The second-order valence-electron chi connectivity index (χ2n) is 5.16. The van der Waals surface area contributed by atoms with Crippen LogP contribution in [0.5, 0.6) is 0 Å². The van der Waals surface area contributed by atoms with Crippen LogP contribution in [0.25, 0.3) is 0 Å². The number of thioether (sulfide) groups is 1. The van der Waals surface area contributed by atoms with Crippen LogP contribution in [0.3, 0.4) is 0 Å². The highest BCUT2D eigenvalue weighted by Crippen LogP contribution is 2.24. The second kappa shape index (κ2) is 8.10. The Kier molecular flexibility index (Phi) is 7.12. The zero-order chi connectivity index (χ0) is 13.8. The summed E-state index contributed by atoms with van der Waals surface area (Å²) in [4.78, 5) is 28.0. The average molecular weight is 322 g/mol. The van der Waals surface area contributed by atoms with Gasteiger partial charge in [0.15, 0.2) is 0 Å². The molecule has 0 bridgehead atoms. The summed E-state index contributed by atoms with van der Waals surface area (Å²) in [5.74, 6) is 1.59. The molecule has 0 radical (unpaired) electrons. The van der Waals surface area contributed by atoms with Gasteiger partial charge in [0.1, 0.15) is 6.04 Å². The number of carbonyl (C=O) groups is 2. The summed E-state index contributed by atoms with van der Waals surface area (Å²) in [7, 11) is 1.88. The first-order valence-corrected chi connectivity index (χ1v) is 8.15. The molecule has 7 heteroatoms. The summed E-state index contributed by atoms with van der Waals surface area (Å²) in [6.07, 6.45) is 2.48. The lowest BCUT2D eigenvalue weighted by Gasteiger charge is -2.35. The Morgan fingerprint density at radius 1 is 1.35 bits per heavy atom. The molecule has 2 amide bonds. The maximum absolute atomic E-state index is 12.6. The van der Waals surface area contributed by atoms with Crippen molar-refractivity contribution in [2.45, 2.75) is 38.3 Å². The van der Waals surface area contributed by atoms with E-state index in [2.05, 4.69) is 5.32 Å². The fraction of sp³-hybridized carbons (Fsp3) is 0.846. The van der Waals surface area contributed by atoms with E-state index in [4.69, 9.17) is 0 Å². The van der Waals surface area contributed by atoms with Crippen molar-refractivity contribution in [1.29, 1.82) is 0 Å². The van der Waals surface area contributed by atoms with Crippen LogP contribution in [0.4, 0.5) is 0 Å². The summed E-state index contributed by atoms with van der Waals surface area (Å²) in [6, 6.07) is 0.0651. The lowest BCUT2D eigenvalue weighted by molar-refractivity contribution is -0.144. The van der Waals surface area contributed by atoms with Crippen molar-refractivity contribution >= 4 is 36.0 Å². The van der Waals surface area contributed by atoms with Crippen LogP contribution in [0.15, 0.2) is 0 Å². The summed E-state index contributed by atoms with van der Waals surface area (Å²) < 4.78 is 0. The summed E-state index contributed by atoms with van der Waals surface area (Å²) >= 11 is 1.67. The van der Waals surface area contributed by atoms with Gasteiger partial charge >= 0.3 is 0 Å². The molecule has 0 aromatic rings. The van der Waals surface area contributed by atoms with Gasteiger partial charge in [-0.3, -0.25) is 9.59 Å². The molecule has 2 fully saturated rings. The van der Waals surface area contributed by atoms with Crippen molar-refractivity contribution in [3.63, 3.8) is 0 Å². The predicted octanol–water partition coefficient (Wildman–Crippen LogP) is 0.930. The highest BCUT2D eigenvalue weighted by atomic mass is 35.5. The van der Waals surface area contributed by atoms with Gasteiger partial charge in [0.05, 0.1) is 5.88 Å². The van der Waals surface area contributed by atoms with Gasteiger partial charge < -0.3 is 15.1 Å². The van der Waals surface area contributed by atoms with E-state index in [0.717, 1.165) is 31.7 Å². The molecule has 0 aromatic heterocycles. The van der Waals surface area contributed by atoms with Crippen molar-refractivity contribution in [2.75, 3.05) is 31.8 Å². The Morgan fingerprint density at radius 3 is 2.60 bits per heavy atom. The Hall–Kier alpha value is -0.460. The van der Waals surface area contributed by atoms with Crippen molar-refractivity contribution in [3.05, 3.63) is 0 Å². The fourth-order valence-corrected chi connectivity index (χ4v) is 3.88. The minimum Gasteiger partial charge on any atom is -0.341 e. The maximum Gasteiger partial charge on any atom is 0.246 e. The van der Waals surface area contributed by atoms with Crippen LogP contribution in [-0.2, 0) is 9.59 Å². The van der Waals surface area contributed by atoms with Gasteiger partial charge in [0.25, 0.3) is 0 Å². The third-order valence-corrected chi connectivity index (χ3v) is 5.01. The Labute approximate surface area is 131 Å². The molecule has 0 saturated carbocycles. The highest BCUT2D eigenvalue weighted by molar-refractivity contribution is 7.99. The van der Waals surface area contributed by atoms with E-state index in [1.54, 1.807) is 16.7 Å². The topological polar surface area (TPSA) is 52.7 Å². The second-order valence-corrected chi connectivity index (χ2v) is 6.16. The molecule has 1 N–H and O–H groups in total. The monoisotopic (exact) mass is 321 g/mol. The van der Waals surface area contributed by atoms with Crippen LogP contribution in [0, 0.1) is 0 Å². The van der Waals surface area contributed by atoms with Gasteiger partial charge in [-0.2, -0.15) is 0 Å². The molecule has 2 aliphatic rings. The fourth-order valence-electron chi connectivity index (χ4n) is 2.71. The number of amides is 2. The Bertz CT molecular complexity index is 351. The number of hydrogen-bond donors (Lipinski definition) is 1. The first-order valence-electron chi connectivity index (χ1n) is 6.99. The largest absolute Gasteiger partial charge is 0.341 e. The molecule has 116 valence electrons. The van der Waals surface area contributed by atoms with Crippen LogP contribution in [0.1, 0.15) is 26.2 Å². The normalized spacial score (nSPS) is 23.3. The molecule has 0 aliphatic carbocycles. The molecular formula is C13H24ClN3O2S. The number of nitrogens with zero attached hydrogens (tertiary/aromatic N) is 2. The molecule has 20 heavy (non-hydrogen) atoms. The molecule has 5 nitrogen and oxygen atoms in total. The quantitative estimate of drug-likeness (QED) is 0.840. The van der Waals surface area contributed by atoms with Crippen LogP contribution in [0.2, 0.25) is 0 Å². The van der Waals surface area contributed by atoms with Crippen LogP contribution in [-0.4, -0.2) is 65.5 Å². The lowest BCUT2D eigenvalue weighted by atomic mass is 10.0. The molecule has 2 aliphatic heterocycles. The van der Waals surface area contributed by atoms with Crippen molar-refractivity contribution in [1.82, 2.24) is 15.1 Å². The minimum absolute atomic E-state index is 0. The third kappa shape index (κ3) is 3.80. The van der Waals surface area contributed by atoms with Gasteiger partial charge in [-0.05, 0) is 25.9 Å². The van der Waals surface area contributed by atoms with E-state index in [1.165, 1.54) is 0 Å². The van der Waals surface area contributed by atoms with Crippen molar-refractivity contribution < 1.29 is 9.59 Å². The van der Waals surface area contributed by atoms with E-state index in [9.17, 15) is 9.59 Å². The van der Waals surface area contributed by atoms with E-state index < -0.39 is 0 Å². The number of likely N-dealkylation sites (N-methyl/N-ethyl adjacent to an activating group) is 1. The summed E-state index contributed by atoms with van der Waals surface area (Å²) in [5.41, 5.74) is 0. The number of rotatable bonds is 3. The van der Waals surface area contributed by atoms with Crippen molar-refractivity contribution in [3.8, 4) is 0 Å². The Balaban J connectivity index is 0.00000200. The Morgan fingerprint density at radius 2 is 2.00 bits per heavy atom. The zero-order valence-electron chi connectivity index (χ0n) is 12.1. The van der Waals surface area contributed by atoms with E-state index in [1.807, 2.05) is 18.9 Å². The average Bonchev–Trinajstić information content (AvgIpc) is 2.95. The van der Waals surface area contributed by atoms with Gasteiger partial charge in [0, 0.05) is 25.3 Å². The SMILES string of the molecule is CCC(=O)N1CSCC1C(=O)N(C)C1CCNCC1.Cl. The standard InChI is InChI=1S/C13H23N3O2S.ClH/c1-3-12(17)16-9-19-8-11(16)13(18)15(2)10-4-6-14-7-5-10;/h10-11,14H,3-9H2,1-2H3;1H. The summed E-state index contributed by atoms with van der Waals surface area (Å²) in [5, 5.41) is 3.31. The first kappa shape index (κ1) is 17.6. The smallest absolute Gasteiger partial charge is 0.246 e. The van der Waals surface area contributed by atoms with Gasteiger partial charge in [-0.1, -0.05) is 6.92 Å². The number of piperidine rings is 1. The van der Waals surface area contributed by atoms with Crippen molar-refractivity contribution in [2.24, 2.45) is 0 Å². The third-order valence-electron chi connectivity index (χ3n) is 3.99. The van der Waals surface area contributed by atoms with E-state index in [0.29, 0.717) is 18.3 Å². The molecule has 1 atom stereocenters. The van der Waals surface area contributed by atoms with Crippen LogP contribution < -0.4 is 5.32 Å². The number of halogens is 1. The number of nitrogens with one attached hydrogen (secondary N) is 1. The van der Waals surface area contributed by atoms with Gasteiger partial charge in [-0.15, -0.1) is 24.2 Å². The van der Waals surface area contributed by atoms with E-state index >= 15 is 0 Å². The van der Waals surface area contributed by atoms with Gasteiger partial charge in [0.2, 0.25) is 11.8 Å². The first-order chi connectivity index (χ1) is 9.15. The molecule has 2 rings (SSSR count). The van der Waals surface area contributed by atoms with Crippen LogP contribution >= 0.6 is 24.2 Å². The molecule has 2 saturated heterocycles. The van der Waals surface area contributed by atoms with Gasteiger partial charge in [-0.25, -0.2) is 0 Å². The lowest BCUT2D eigenvalue weighted by Crippen LogP contribution is -2.52. The molecular weight excluding hydrogens is 298 g/mol. The summed E-state index contributed by atoms with van der Waals surface area (Å²) in [6.45, 7) is 3.79. The minimum atomic E-state index is -0.252. The molecule has 2 heterocycles. The maximum atomic E-state index is 12.6. The molecule has 0 spiro atoms. The van der Waals surface area contributed by atoms with E-state index in [-0.39, 0.29) is 30.3 Å². The highest BCUT2D eigenvalue weighted by Gasteiger charge is 2.37. The predicted molar refractivity (Wildman–Crippen MR) is 84.2 cm³/mol. The number of hydrogen-bond acceptors (Lipinski definition) is 4. The zero-order valence-corrected chi connectivity index (χ0v) is 13.8. The molecule has 0 aromatic carbocycles.